The average Bonchev–Trinajstić information content (AvgIpc) is 3.76. The van der Waals surface area contributed by atoms with E-state index in [9.17, 15) is 0 Å². The molecule has 2 nitrogen and oxygen atoms in total. The Morgan fingerprint density at radius 2 is 0.613 bits per heavy atom. The second-order valence-corrected chi connectivity index (χ2v) is 22.3. The summed E-state index contributed by atoms with van der Waals surface area (Å²) in [6.07, 6.45) is 0. The normalized spacial score (nSPS) is 13.5. The smallest absolute Gasteiger partial charge is 0.0783 e. The molecule has 62 heavy (non-hydrogen) atoms. The lowest BCUT2D eigenvalue weighted by Crippen LogP contribution is -2.16. The molecule has 0 saturated heterocycles. The summed E-state index contributed by atoms with van der Waals surface area (Å²) in [6, 6.07) is 51.9. The quantitative estimate of drug-likeness (QED) is 0.154. The van der Waals surface area contributed by atoms with Crippen molar-refractivity contribution >= 4 is 76.2 Å². The van der Waals surface area contributed by atoms with E-state index in [4.69, 9.17) is 0 Å². The fourth-order valence-electron chi connectivity index (χ4n) is 10.5. The van der Waals surface area contributed by atoms with Crippen LogP contribution in [0.25, 0.3) is 98.4 Å². The Morgan fingerprint density at radius 3 is 0.952 bits per heavy atom. The fourth-order valence-corrected chi connectivity index (χ4v) is 10.5. The Hall–Kier alpha value is -6.12. The molecule has 0 saturated carbocycles. The van der Waals surface area contributed by atoms with Crippen molar-refractivity contribution in [2.75, 3.05) is 0 Å². The predicted molar refractivity (Wildman–Crippen MR) is 270 cm³/mol. The Bertz CT molecular complexity index is 3340. The van der Waals surface area contributed by atoms with Gasteiger partial charge in [0.05, 0.1) is 33.1 Å². The Balaban J connectivity index is 1.20. The van der Waals surface area contributed by atoms with E-state index < -0.39 is 0 Å². The second kappa shape index (κ2) is 12.7. The molecule has 11 aromatic rings. The van der Waals surface area contributed by atoms with Gasteiger partial charge in [-0.15, -0.1) is 0 Å². The molecule has 0 spiro atoms. The lowest BCUT2D eigenvalue weighted by Gasteiger charge is -2.26. The summed E-state index contributed by atoms with van der Waals surface area (Å²) in [4.78, 5) is 0. The van der Waals surface area contributed by atoms with Crippen LogP contribution in [0.1, 0.15) is 105 Å². The van der Waals surface area contributed by atoms with Crippen molar-refractivity contribution < 1.29 is 0 Å². The molecule has 0 bridgehead atoms. The molecule has 0 amide bonds. The fraction of sp³-hybridized carbons (Fsp3) is 0.267. The van der Waals surface area contributed by atoms with Gasteiger partial charge in [0.2, 0.25) is 0 Å². The largest absolute Gasteiger partial charge is 0.305 e. The molecule has 2 heteroatoms. The molecule has 0 aliphatic carbocycles. The van der Waals surface area contributed by atoms with Crippen molar-refractivity contribution in [3.63, 3.8) is 0 Å². The maximum atomic E-state index is 2.56. The number of hydrogen-bond donors (Lipinski definition) is 0. The van der Waals surface area contributed by atoms with E-state index in [2.05, 4.69) is 225 Å². The molecule has 0 radical (unpaired) electrons. The minimum Gasteiger partial charge on any atom is -0.305 e. The van der Waals surface area contributed by atoms with Crippen molar-refractivity contribution in [1.82, 2.24) is 8.80 Å². The molecule has 308 valence electrons. The standard InChI is InChI=1S/C60H58N2/c1-57(2,3)37-29-35(30-38(33-37)58(4,5)6)41-17-13-19-45-43(41)25-27-49-53(45)47-21-15-23-51-55(47)61(49)52-24-16-22-48-54-46-20-14-18-42(44(46)26-28-50(54)62(51)56(48)52)36-31-39(59(7,8)9)34-40(32-36)60(10,11)12/h13-34H,1-12H3. The zero-order valence-electron chi connectivity index (χ0n) is 38.6. The van der Waals surface area contributed by atoms with Crippen LogP contribution < -0.4 is 0 Å². The van der Waals surface area contributed by atoms with Gasteiger partial charge in [0.1, 0.15) is 0 Å². The maximum absolute atomic E-state index is 2.56. The van der Waals surface area contributed by atoms with E-state index >= 15 is 0 Å². The number of rotatable bonds is 2. The van der Waals surface area contributed by atoms with Crippen LogP contribution in [-0.2, 0) is 21.7 Å². The first kappa shape index (κ1) is 38.8. The van der Waals surface area contributed by atoms with E-state index in [-0.39, 0.29) is 21.7 Å². The van der Waals surface area contributed by atoms with E-state index in [0.717, 1.165) is 0 Å². The van der Waals surface area contributed by atoms with Gasteiger partial charge >= 0.3 is 0 Å². The minimum absolute atomic E-state index is 0.0391. The van der Waals surface area contributed by atoms with Gasteiger partial charge < -0.3 is 8.80 Å². The number of hydrogen-bond acceptors (Lipinski definition) is 0. The molecule has 0 fully saturated rings. The molecule has 0 unspecified atom stereocenters. The first-order chi connectivity index (χ1) is 29.3. The van der Waals surface area contributed by atoms with Gasteiger partial charge in [0.25, 0.3) is 0 Å². The molecular formula is C60H58N2. The summed E-state index contributed by atoms with van der Waals surface area (Å²) in [5.74, 6) is 0. The van der Waals surface area contributed by atoms with E-state index in [1.165, 1.54) is 121 Å². The molecular weight excluding hydrogens is 749 g/mol. The van der Waals surface area contributed by atoms with Crippen LogP contribution in [-0.4, -0.2) is 8.80 Å². The third-order valence-electron chi connectivity index (χ3n) is 14.0. The third-order valence-corrected chi connectivity index (χ3v) is 14.0. The number of nitrogens with zero attached hydrogens (tertiary/aromatic N) is 2. The van der Waals surface area contributed by atoms with Crippen LogP contribution in [0.2, 0.25) is 0 Å². The summed E-state index contributed by atoms with van der Waals surface area (Å²) in [6.45, 7) is 27.9. The number of aromatic nitrogens is 2. The van der Waals surface area contributed by atoms with Crippen molar-refractivity contribution in [3.05, 3.63) is 156 Å². The SMILES string of the molecule is CC(C)(C)c1cc(-c2cccc3c2ccc2c3c3cccc4c3n2c2cccc3c5c6cccc(-c7cc(C(C)(C)C)cc(C(C)(C)C)c7)c6ccc5n4c32)cc(C(C)(C)C)c1. The Morgan fingerprint density at radius 1 is 0.290 bits per heavy atom. The van der Waals surface area contributed by atoms with Crippen molar-refractivity contribution in [2.45, 2.75) is 105 Å². The summed E-state index contributed by atoms with van der Waals surface area (Å²) in [7, 11) is 0. The lowest BCUT2D eigenvalue weighted by molar-refractivity contribution is 0.568. The van der Waals surface area contributed by atoms with Gasteiger partial charge in [-0.05, 0) is 112 Å². The number of para-hydroxylation sites is 2. The Labute approximate surface area is 366 Å². The molecule has 0 atom stereocenters. The predicted octanol–water partition coefficient (Wildman–Crippen LogP) is 17.1. The second-order valence-electron chi connectivity index (χ2n) is 22.3. The van der Waals surface area contributed by atoms with Gasteiger partial charge in [-0.1, -0.05) is 192 Å². The summed E-state index contributed by atoms with van der Waals surface area (Å²) < 4.78 is 5.12. The van der Waals surface area contributed by atoms with Crippen LogP contribution in [0.5, 0.6) is 0 Å². The molecule has 11 rings (SSSR count). The molecule has 3 aromatic heterocycles. The van der Waals surface area contributed by atoms with Gasteiger partial charge in [-0.25, -0.2) is 0 Å². The van der Waals surface area contributed by atoms with Crippen LogP contribution >= 0.6 is 0 Å². The zero-order chi connectivity index (χ0) is 43.4. The Kier molecular flexibility index (Phi) is 7.96. The zero-order valence-corrected chi connectivity index (χ0v) is 38.6. The topological polar surface area (TPSA) is 8.82 Å². The van der Waals surface area contributed by atoms with Crippen LogP contribution in [0.15, 0.2) is 133 Å². The molecule has 0 N–H and O–H groups in total. The molecule has 0 aliphatic heterocycles. The summed E-state index contributed by atoms with van der Waals surface area (Å²) in [5, 5.41) is 10.4. The number of benzene rings is 8. The molecule has 3 heterocycles. The molecule has 0 aliphatic rings. The highest BCUT2D eigenvalue weighted by atomic mass is 15.0. The third kappa shape index (κ3) is 5.61. The van der Waals surface area contributed by atoms with Crippen molar-refractivity contribution in [1.29, 1.82) is 0 Å². The van der Waals surface area contributed by atoms with E-state index in [0.29, 0.717) is 0 Å². The van der Waals surface area contributed by atoms with Gasteiger partial charge in [-0.3, -0.25) is 0 Å². The van der Waals surface area contributed by atoms with Crippen LogP contribution in [0.3, 0.4) is 0 Å². The summed E-state index contributed by atoms with van der Waals surface area (Å²) in [5.41, 5.74) is 18.3. The van der Waals surface area contributed by atoms with Gasteiger partial charge in [0.15, 0.2) is 0 Å². The number of fused-ring (bicyclic) bond motifs is 12. The van der Waals surface area contributed by atoms with E-state index in [1.54, 1.807) is 0 Å². The monoisotopic (exact) mass is 806 g/mol. The average molecular weight is 807 g/mol. The van der Waals surface area contributed by atoms with Crippen LogP contribution in [0.4, 0.5) is 0 Å². The van der Waals surface area contributed by atoms with Gasteiger partial charge in [-0.2, -0.15) is 0 Å². The summed E-state index contributed by atoms with van der Waals surface area (Å²) >= 11 is 0. The molecule has 8 aromatic carbocycles. The van der Waals surface area contributed by atoms with Crippen molar-refractivity contribution in [3.8, 4) is 22.3 Å². The maximum Gasteiger partial charge on any atom is 0.0783 e. The van der Waals surface area contributed by atoms with Crippen molar-refractivity contribution in [2.24, 2.45) is 0 Å². The highest BCUT2D eigenvalue weighted by Gasteiger charge is 2.26. The van der Waals surface area contributed by atoms with Gasteiger partial charge in [0, 0.05) is 21.5 Å². The lowest BCUT2D eigenvalue weighted by atomic mass is 9.78. The highest BCUT2D eigenvalue weighted by molar-refractivity contribution is 6.30. The van der Waals surface area contributed by atoms with Crippen LogP contribution in [0, 0.1) is 0 Å². The first-order valence-electron chi connectivity index (χ1n) is 22.6. The van der Waals surface area contributed by atoms with E-state index in [1.807, 2.05) is 0 Å². The minimum atomic E-state index is 0.0391. The highest BCUT2D eigenvalue weighted by Crippen LogP contribution is 2.47. The first-order valence-corrected chi connectivity index (χ1v) is 22.6.